The van der Waals surface area contributed by atoms with E-state index in [4.69, 9.17) is 32.7 Å². The van der Waals surface area contributed by atoms with Gasteiger partial charge in [0, 0.05) is 0 Å². The van der Waals surface area contributed by atoms with Gasteiger partial charge in [0.2, 0.25) is 0 Å². The van der Waals surface area contributed by atoms with Gasteiger partial charge in [-0.2, -0.15) is 0 Å². The molecule has 0 saturated carbocycles. The number of rotatable bonds is 7. The number of hydrogen-bond donors (Lipinski definition) is 2. The summed E-state index contributed by atoms with van der Waals surface area (Å²) in [5.41, 5.74) is 0.112. The van der Waals surface area contributed by atoms with Gasteiger partial charge in [-0.1, -0.05) is 35.3 Å². The average Bonchev–Trinajstić information content (AvgIpc) is 2.89. The minimum atomic E-state index is -0.947. The van der Waals surface area contributed by atoms with E-state index < -0.39 is 36.2 Å². The lowest BCUT2D eigenvalue weighted by molar-refractivity contribution is -0.122. The molecule has 0 unspecified atom stereocenters. The number of carbonyl (C=O) groups is 4. The fraction of sp³-hybridized carbons (Fsp3) is 0.0769. The minimum absolute atomic E-state index is 0.00271. The molecular weight excluding hydrogens is 620 g/mol. The largest absolute Gasteiger partial charge is 0.493 e. The van der Waals surface area contributed by atoms with E-state index in [0.717, 1.165) is 4.90 Å². The quantitative estimate of drug-likeness (QED) is 0.258. The van der Waals surface area contributed by atoms with Crippen LogP contribution >= 0.6 is 39.1 Å². The molecule has 2 N–H and O–H groups in total. The number of para-hydroxylation sites is 1. The fourth-order valence-electron chi connectivity index (χ4n) is 3.53. The first kappa shape index (κ1) is 28.1. The van der Waals surface area contributed by atoms with Crippen molar-refractivity contribution in [3.05, 3.63) is 86.1 Å². The van der Waals surface area contributed by atoms with Crippen molar-refractivity contribution in [3.63, 3.8) is 0 Å². The van der Waals surface area contributed by atoms with Crippen LogP contribution in [0.5, 0.6) is 11.5 Å². The lowest BCUT2D eigenvalue weighted by Gasteiger charge is -2.26. The molecule has 1 aliphatic rings. The van der Waals surface area contributed by atoms with Crippen LogP contribution in [0.2, 0.25) is 10.0 Å². The Kier molecular flexibility index (Phi) is 8.54. The summed E-state index contributed by atoms with van der Waals surface area (Å²) in [4.78, 5) is 51.2. The maximum absolute atomic E-state index is 13.8. The van der Waals surface area contributed by atoms with Crippen molar-refractivity contribution in [3.8, 4) is 11.5 Å². The highest BCUT2D eigenvalue weighted by Crippen LogP contribution is 2.38. The number of imide groups is 2. The zero-order valence-corrected chi connectivity index (χ0v) is 23.0. The molecule has 13 heteroatoms. The van der Waals surface area contributed by atoms with Crippen LogP contribution in [0.15, 0.2) is 64.6 Å². The predicted octanol–water partition coefficient (Wildman–Crippen LogP) is 5.59. The molecule has 9 nitrogen and oxygen atoms in total. The number of anilines is 2. The van der Waals surface area contributed by atoms with Gasteiger partial charge >= 0.3 is 6.03 Å². The molecule has 0 spiro atoms. The molecule has 0 aliphatic carbocycles. The summed E-state index contributed by atoms with van der Waals surface area (Å²) in [5.74, 6) is -2.69. The summed E-state index contributed by atoms with van der Waals surface area (Å²) < 4.78 is 25.1. The number of barbiturate groups is 1. The number of halogens is 4. The molecule has 39 heavy (non-hydrogen) atoms. The van der Waals surface area contributed by atoms with Crippen molar-refractivity contribution in [1.29, 1.82) is 0 Å². The molecule has 1 saturated heterocycles. The van der Waals surface area contributed by atoms with E-state index in [0.29, 0.717) is 10.0 Å². The maximum Gasteiger partial charge on any atom is 0.335 e. The molecule has 3 aromatic carbocycles. The molecule has 1 aliphatic heterocycles. The van der Waals surface area contributed by atoms with Gasteiger partial charge in [0.15, 0.2) is 18.1 Å². The molecule has 5 amide bonds. The number of hydrogen-bond acceptors (Lipinski definition) is 6. The predicted molar refractivity (Wildman–Crippen MR) is 147 cm³/mol. The standard InChI is InChI=1S/C26H17BrCl2FN3O6/c1-38-21-10-13(9-16(27)23(21)39-12-22(34)31-20-5-3-2-4-19(20)30)8-15-24(35)32-26(37)33(25(15)36)14-6-7-17(28)18(29)11-14/h2-11H,12H2,1H3,(H,31,34)(H,32,35,37)/b15-8-. The first-order valence-corrected chi connectivity index (χ1v) is 12.5. The lowest BCUT2D eigenvalue weighted by atomic mass is 10.1. The van der Waals surface area contributed by atoms with Crippen LogP contribution in [0.1, 0.15) is 5.56 Å². The smallest absolute Gasteiger partial charge is 0.335 e. The molecule has 1 fully saturated rings. The van der Waals surface area contributed by atoms with Crippen LogP contribution in [-0.2, 0) is 14.4 Å². The number of nitrogens with zero attached hydrogens (tertiary/aromatic N) is 1. The SMILES string of the molecule is COc1cc(/C=C2/C(=O)NC(=O)N(c3ccc(Cl)c(Cl)c3)C2=O)cc(Br)c1OCC(=O)Nc1ccccc1F. The van der Waals surface area contributed by atoms with Gasteiger partial charge in [0.1, 0.15) is 11.4 Å². The van der Waals surface area contributed by atoms with Crippen molar-refractivity contribution in [2.45, 2.75) is 0 Å². The second-order valence-electron chi connectivity index (χ2n) is 7.91. The van der Waals surface area contributed by atoms with Crippen molar-refractivity contribution in [2.24, 2.45) is 0 Å². The second kappa shape index (κ2) is 11.9. The van der Waals surface area contributed by atoms with Gasteiger partial charge < -0.3 is 14.8 Å². The Morgan fingerprint density at radius 2 is 1.85 bits per heavy atom. The van der Waals surface area contributed by atoms with E-state index in [2.05, 4.69) is 26.6 Å². The Labute approximate surface area is 239 Å². The maximum atomic E-state index is 13.8. The number of nitrogens with one attached hydrogen (secondary N) is 2. The summed E-state index contributed by atoms with van der Waals surface area (Å²) in [7, 11) is 1.36. The van der Waals surface area contributed by atoms with E-state index in [1.54, 1.807) is 6.07 Å². The summed E-state index contributed by atoms with van der Waals surface area (Å²) >= 11 is 15.3. The highest BCUT2D eigenvalue weighted by Gasteiger charge is 2.37. The summed E-state index contributed by atoms with van der Waals surface area (Å²) in [6.45, 7) is -0.467. The first-order valence-electron chi connectivity index (χ1n) is 11.0. The van der Waals surface area contributed by atoms with Crippen LogP contribution in [-0.4, -0.2) is 37.5 Å². The van der Waals surface area contributed by atoms with E-state index in [-0.39, 0.29) is 38.5 Å². The van der Waals surface area contributed by atoms with Gasteiger partial charge in [-0.05, 0) is 70.0 Å². The second-order valence-corrected chi connectivity index (χ2v) is 9.58. The Balaban J connectivity index is 1.57. The van der Waals surface area contributed by atoms with Crippen LogP contribution in [0.4, 0.5) is 20.6 Å². The third-order valence-corrected chi connectivity index (χ3v) is 6.65. The highest BCUT2D eigenvalue weighted by atomic mass is 79.9. The number of carbonyl (C=O) groups excluding carboxylic acids is 4. The normalized spacial score (nSPS) is 14.3. The van der Waals surface area contributed by atoms with Gasteiger partial charge in [-0.3, -0.25) is 19.7 Å². The Hall–Kier alpha value is -3.93. The number of methoxy groups -OCH3 is 1. The Morgan fingerprint density at radius 3 is 2.54 bits per heavy atom. The van der Waals surface area contributed by atoms with Crippen molar-refractivity contribution in [1.82, 2.24) is 5.32 Å². The average molecular weight is 637 g/mol. The molecule has 0 atom stereocenters. The van der Waals surface area contributed by atoms with E-state index in [9.17, 15) is 23.6 Å². The first-order chi connectivity index (χ1) is 18.6. The lowest BCUT2D eigenvalue weighted by Crippen LogP contribution is -2.54. The fourth-order valence-corrected chi connectivity index (χ4v) is 4.40. The van der Waals surface area contributed by atoms with Crippen LogP contribution < -0.4 is 25.0 Å². The molecule has 0 bridgehead atoms. The monoisotopic (exact) mass is 635 g/mol. The summed E-state index contributed by atoms with van der Waals surface area (Å²) in [6.07, 6.45) is 1.26. The molecule has 0 radical (unpaired) electrons. The molecule has 0 aromatic heterocycles. The van der Waals surface area contributed by atoms with Crippen LogP contribution in [0, 0.1) is 5.82 Å². The van der Waals surface area contributed by atoms with Gasteiger partial charge in [0.25, 0.3) is 17.7 Å². The number of benzene rings is 3. The van der Waals surface area contributed by atoms with Crippen molar-refractivity contribution < 1.29 is 33.0 Å². The molecule has 3 aromatic rings. The Bertz CT molecular complexity index is 1550. The van der Waals surface area contributed by atoms with Crippen molar-refractivity contribution in [2.75, 3.05) is 23.9 Å². The summed E-state index contributed by atoms with van der Waals surface area (Å²) in [5, 5.41) is 4.86. The molecule has 1 heterocycles. The highest BCUT2D eigenvalue weighted by molar-refractivity contribution is 9.10. The summed E-state index contributed by atoms with van der Waals surface area (Å²) in [6, 6.07) is 11.9. The van der Waals surface area contributed by atoms with Gasteiger partial charge in [-0.25, -0.2) is 14.1 Å². The van der Waals surface area contributed by atoms with E-state index in [1.807, 2.05) is 0 Å². The molecule has 200 valence electrons. The van der Waals surface area contributed by atoms with E-state index in [1.165, 1.54) is 61.7 Å². The molecule has 4 rings (SSSR count). The molecular formula is C26H17BrCl2FN3O6. The Morgan fingerprint density at radius 1 is 1.10 bits per heavy atom. The van der Waals surface area contributed by atoms with Crippen LogP contribution in [0.25, 0.3) is 6.08 Å². The number of amides is 5. The van der Waals surface area contributed by atoms with Crippen molar-refractivity contribution >= 4 is 80.3 Å². The van der Waals surface area contributed by atoms with Crippen LogP contribution in [0.3, 0.4) is 0 Å². The van der Waals surface area contributed by atoms with Gasteiger partial charge in [-0.15, -0.1) is 0 Å². The third kappa shape index (κ3) is 6.22. The number of urea groups is 1. The zero-order valence-electron chi connectivity index (χ0n) is 19.9. The van der Waals surface area contributed by atoms with E-state index >= 15 is 0 Å². The van der Waals surface area contributed by atoms with Gasteiger partial charge in [0.05, 0.1) is 33.0 Å². The topological polar surface area (TPSA) is 114 Å². The zero-order chi connectivity index (χ0) is 28.3. The third-order valence-electron chi connectivity index (χ3n) is 5.32. The minimum Gasteiger partial charge on any atom is -0.493 e. The number of ether oxygens (including phenoxy) is 2.